The maximum Gasteiger partial charge on any atom is 0.0604 e. The van der Waals surface area contributed by atoms with Gasteiger partial charge in [-0.3, -0.25) is 4.68 Å². The largest absolute Gasteiger partial charge is 0.305 e. The van der Waals surface area contributed by atoms with Crippen molar-refractivity contribution < 1.29 is 0 Å². The number of benzene rings is 1. The lowest BCUT2D eigenvalue weighted by Crippen LogP contribution is -2.44. The van der Waals surface area contributed by atoms with Crippen LogP contribution in [0.5, 0.6) is 0 Å². The number of likely N-dealkylation sites (tertiary alicyclic amines) is 1. The molecule has 2 aromatic rings. The molecule has 0 bridgehead atoms. The molecule has 4 heteroatoms. The van der Waals surface area contributed by atoms with Crippen molar-refractivity contribution in [1.29, 1.82) is 0 Å². The summed E-state index contributed by atoms with van der Waals surface area (Å²) in [6.45, 7) is 6.71. The Morgan fingerprint density at radius 2 is 1.95 bits per heavy atom. The molecule has 0 spiro atoms. The number of piperidine rings is 1. The van der Waals surface area contributed by atoms with E-state index in [4.69, 9.17) is 0 Å². The molecule has 1 atom stereocenters. The summed E-state index contributed by atoms with van der Waals surface area (Å²) >= 11 is 0. The smallest absolute Gasteiger partial charge is 0.0604 e. The summed E-state index contributed by atoms with van der Waals surface area (Å²) in [6.07, 6.45) is 6.35. The standard InChI is InChI=1S/C18H26N4/c1-2-21-13-9-17(10-14-21)20-18(15-22-12-6-11-19-22)16-7-4-3-5-8-16/h3-8,11-12,17-18,20H,2,9-10,13-15H2,1H3. The van der Waals surface area contributed by atoms with E-state index in [9.17, 15) is 0 Å². The molecular weight excluding hydrogens is 272 g/mol. The zero-order valence-corrected chi connectivity index (χ0v) is 13.4. The Labute approximate surface area is 133 Å². The van der Waals surface area contributed by atoms with Gasteiger partial charge in [-0.05, 0) is 44.1 Å². The van der Waals surface area contributed by atoms with Gasteiger partial charge in [0.1, 0.15) is 0 Å². The number of hydrogen-bond acceptors (Lipinski definition) is 3. The second-order valence-corrected chi connectivity index (χ2v) is 6.07. The van der Waals surface area contributed by atoms with Crippen molar-refractivity contribution in [3.05, 3.63) is 54.4 Å². The first kappa shape index (κ1) is 15.3. The van der Waals surface area contributed by atoms with Crippen LogP contribution in [0.4, 0.5) is 0 Å². The number of aromatic nitrogens is 2. The van der Waals surface area contributed by atoms with Gasteiger partial charge in [0.2, 0.25) is 0 Å². The lowest BCUT2D eigenvalue weighted by Gasteiger charge is -2.34. The first-order valence-electron chi connectivity index (χ1n) is 8.36. The first-order valence-corrected chi connectivity index (χ1v) is 8.36. The van der Waals surface area contributed by atoms with Gasteiger partial charge in [0.25, 0.3) is 0 Å². The lowest BCUT2D eigenvalue weighted by atomic mass is 10.0. The molecule has 1 aromatic heterocycles. The maximum atomic E-state index is 4.37. The Morgan fingerprint density at radius 1 is 1.18 bits per heavy atom. The summed E-state index contributed by atoms with van der Waals surface area (Å²) in [4.78, 5) is 2.53. The highest BCUT2D eigenvalue weighted by Gasteiger charge is 2.22. The number of rotatable bonds is 6. The van der Waals surface area contributed by atoms with E-state index in [2.05, 4.69) is 52.6 Å². The number of nitrogens with zero attached hydrogens (tertiary/aromatic N) is 3. The van der Waals surface area contributed by atoms with Gasteiger partial charge in [-0.15, -0.1) is 0 Å². The molecule has 1 fully saturated rings. The predicted octanol–water partition coefficient (Wildman–Crippen LogP) is 2.70. The zero-order valence-electron chi connectivity index (χ0n) is 13.4. The molecule has 0 aliphatic carbocycles. The van der Waals surface area contributed by atoms with Crippen LogP contribution in [0.15, 0.2) is 48.8 Å². The maximum absolute atomic E-state index is 4.37. The highest BCUT2D eigenvalue weighted by molar-refractivity contribution is 5.19. The van der Waals surface area contributed by atoms with E-state index in [0.29, 0.717) is 12.1 Å². The van der Waals surface area contributed by atoms with Crippen LogP contribution >= 0.6 is 0 Å². The molecule has 22 heavy (non-hydrogen) atoms. The quantitative estimate of drug-likeness (QED) is 0.890. The summed E-state index contributed by atoms with van der Waals surface area (Å²) in [5, 5.41) is 8.24. The lowest BCUT2D eigenvalue weighted by molar-refractivity contribution is 0.195. The Hall–Kier alpha value is -1.65. The van der Waals surface area contributed by atoms with E-state index in [1.54, 1.807) is 0 Å². The molecule has 4 nitrogen and oxygen atoms in total. The molecule has 2 heterocycles. The third-order valence-corrected chi connectivity index (χ3v) is 4.60. The van der Waals surface area contributed by atoms with Crippen molar-refractivity contribution in [3.63, 3.8) is 0 Å². The molecular formula is C18H26N4. The van der Waals surface area contributed by atoms with Gasteiger partial charge in [0.05, 0.1) is 12.6 Å². The van der Waals surface area contributed by atoms with Gasteiger partial charge in [-0.1, -0.05) is 37.3 Å². The van der Waals surface area contributed by atoms with Crippen LogP contribution in [0, 0.1) is 0 Å². The van der Waals surface area contributed by atoms with Crippen molar-refractivity contribution >= 4 is 0 Å². The molecule has 3 rings (SSSR count). The van der Waals surface area contributed by atoms with Crippen molar-refractivity contribution in [2.75, 3.05) is 19.6 Å². The molecule has 1 aliphatic rings. The van der Waals surface area contributed by atoms with E-state index >= 15 is 0 Å². The summed E-state index contributed by atoms with van der Waals surface area (Å²) in [7, 11) is 0. The molecule has 0 saturated carbocycles. The van der Waals surface area contributed by atoms with Crippen molar-refractivity contribution in [2.24, 2.45) is 0 Å². The highest BCUT2D eigenvalue weighted by Crippen LogP contribution is 2.19. The minimum Gasteiger partial charge on any atom is -0.305 e. The van der Waals surface area contributed by atoms with E-state index in [-0.39, 0.29) is 0 Å². The zero-order chi connectivity index (χ0) is 15.2. The topological polar surface area (TPSA) is 33.1 Å². The monoisotopic (exact) mass is 298 g/mol. The molecule has 118 valence electrons. The van der Waals surface area contributed by atoms with Crippen molar-refractivity contribution in [3.8, 4) is 0 Å². The van der Waals surface area contributed by atoms with Gasteiger partial charge in [-0.2, -0.15) is 5.10 Å². The van der Waals surface area contributed by atoms with Crippen LogP contribution in [-0.2, 0) is 6.54 Å². The third kappa shape index (κ3) is 3.96. The van der Waals surface area contributed by atoms with E-state index < -0.39 is 0 Å². The van der Waals surface area contributed by atoms with Gasteiger partial charge in [-0.25, -0.2) is 0 Å². The SMILES string of the molecule is CCN1CCC(NC(Cn2cccn2)c2ccccc2)CC1. The van der Waals surface area contributed by atoms with E-state index in [1.807, 2.05) is 23.1 Å². The Balaban J connectivity index is 1.66. The van der Waals surface area contributed by atoms with Crippen LogP contribution in [0.3, 0.4) is 0 Å². The van der Waals surface area contributed by atoms with Gasteiger partial charge < -0.3 is 10.2 Å². The summed E-state index contributed by atoms with van der Waals surface area (Å²) in [5.74, 6) is 0. The summed E-state index contributed by atoms with van der Waals surface area (Å²) < 4.78 is 2.02. The molecule has 1 aromatic carbocycles. The second kappa shape index (κ2) is 7.56. The molecule has 1 aliphatic heterocycles. The fourth-order valence-corrected chi connectivity index (χ4v) is 3.24. The number of nitrogens with one attached hydrogen (secondary N) is 1. The van der Waals surface area contributed by atoms with Crippen LogP contribution in [0.1, 0.15) is 31.4 Å². The van der Waals surface area contributed by atoms with Crippen LogP contribution in [0.2, 0.25) is 0 Å². The Bertz CT molecular complexity index is 529. The highest BCUT2D eigenvalue weighted by atomic mass is 15.3. The first-order chi connectivity index (χ1) is 10.8. The minimum absolute atomic E-state index is 0.319. The second-order valence-electron chi connectivity index (χ2n) is 6.07. The molecule has 0 amide bonds. The van der Waals surface area contributed by atoms with E-state index in [1.165, 1.54) is 38.0 Å². The van der Waals surface area contributed by atoms with Gasteiger partial charge in [0, 0.05) is 18.4 Å². The van der Waals surface area contributed by atoms with E-state index in [0.717, 1.165) is 6.54 Å². The molecule has 0 radical (unpaired) electrons. The summed E-state index contributed by atoms with van der Waals surface area (Å²) in [6, 6.07) is 13.6. The predicted molar refractivity (Wildman–Crippen MR) is 89.7 cm³/mol. The van der Waals surface area contributed by atoms with Crippen LogP contribution in [0.25, 0.3) is 0 Å². The molecule has 1 saturated heterocycles. The van der Waals surface area contributed by atoms with Crippen molar-refractivity contribution in [2.45, 2.75) is 38.4 Å². The van der Waals surface area contributed by atoms with Crippen LogP contribution < -0.4 is 5.32 Å². The average Bonchev–Trinajstić information content (AvgIpc) is 3.09. The summed E-state index contributed by atoms with van der Waals surface area (Å²) in [5.41, 5.74) is 1.34. The Morgan fingerprint density at radius 3 is 2.59 bits per heavy atom. The van der Waals surface area contributed by atoms with Gasteiger partial charge >= 0.3 is 0 Å². The van der Waals surface area contributed by atoms with Gasteiger partial charge in [0.15, 0.2) is 0 Å². The number of hydrogen-bond donors (Lipinski definition) is 1. The normalized spacial score (nSPS) is 18.4. The van der Waals surface area contributed by atoms with Crippen molar-refractivity contribution in [1.82, 2.24) is 20.0 Å². The van der Waals surface area contributed by atoms with Crippen LogP contribution in [-0.4, -0.2) is 40.4 Å². The Kier molecular flexibility index (Phi) is 5.24. The fraction of sp³-hybridized carbons (Fsp3) is 0.500. The fourth-order valence-electron chi connectivity index (χ4n) is 3.24. The molecule has 1 unspecified atom stereocenters. The third-order valence-electron chi connectivity index (χ3n) is 4.60. The average molecular weight is 298 g/mol. The molecule has 1 N–H and O–H groups in total. The minimum atomic E-state index is 0.319.